The molecule has 0 aromatic carbocycles. The van der Waals surface area contributed by atoms with Gasteiger partial charge in [0.15, 0.2) is 0 Å². The minimum Gasteiger partial charge on any atom is -0.274 e. The molecule has 0 fully saturated rings. The Morgan fingerprint density at radius 1 is 1.69 bits per heavy atom. The van der Waals surface area contributed by atoms with Gasteiger partial charge in [0.25, 0.3) is 0 Å². The van der Waals surface area contributed by atoms with E-state index >= 15 is 0 Å². The van der Waals surface area contributed by atoms with E-state index in [-0.39, 0.29) is 5.91 Å². The summed E-state index contributed by atoms with van der Waals surface area (Å²) in [7, 11) is 0. The highest BCUT2D eigenvalue weighted by Gasteiger charge is 2.02. The number of amides is 1. The van der Waals surface area contributed by atoms with Gasteiger partial charge in [-0.25, -0.2) is 10.4 Å². The van der Waals surface area contributed by atoms with Crippen molar-refractivity contribution in [3.63, 3.8) is 0 Å². The van der Waals surface area contributed by atoms with Gasteiger partial charge in [-0.1, -0.05) is 6.92 Å². The van der Waals surface area contributed by atoms with Gasteiger partial charge in [-0.2, -0.15) is 5.10 Å². The quantitative estimate of drug-likeness (QED) is 0.488. The van der Waals surface area contributed by atoms with E-state index < -0.39 is 0 Å². The highest BCUT2D eigenvalue weighted by atomic mass is 32.2. The molecule has 1 aromatic rings. The number of rotatable bonds is 4. The molecule has 1 aromatic heterocycles. The Hall–Kier alpha value is -1.43. The molecule has 0 aliphatic rings. The van der Waals surface area contributed by atoms with E-state index in [1.165, 1.54) is 13.1 Å². The molecule has 0 spiro atoms. The fraction of sp³-hybridized carbons (Fsp3) is 0.400. The molecule has 5 nitrogen and oxygen atoms in total. The highest BCUT2D eigenvalue weighted by molar-refractivity contribution is 7.99. The number of hydrogen-bond donors (Lipinski definition) is 1. The summed E-state index contributed by atoms with van der Waals surface area (Å²) >= 11 is 1.63. The van der Waals surface area contributed by atoms with Crippen LogP contribution in [0, 0.1) is 6.92 Å². The fourth-order valence-electron chi connectivity index (χ4n) is 0.970. The fourth-order valence-corrected chi connectivity index (χ4v) is 1.68. The van der Waals surface area contributed by atoms with Crippen molar-refractivity contribution in [3.8, 4) is 0 Å². The van der Waals surface area contributed by atoms with Crippen LogP contribution in [-0.2, 0) is 4.79 Å². The molecule has 86 valence electrons. The van der Waals surface area contributed by atoms with Crippen LogP contribution < -0.4 is 5.43 Å². The van der Waals surface area contributed by atoms with Gasteiger partial charge in [0.1, 0.15) is 10.7 Å². The lowest BCUT2D eigenvalue weighted by molar-refractivity contribution is -0.118. The first-order chi connectivity index (χ1) is 7.63. The molecule has 16 heavy (non-hydrogen) atoms. The molecule has 1 amide bonds. The van der Waals surface area contributed by atoms with Gasteiger partial charge >= 0.3 is 0 Å². The molecule has 0 saturated heterocycles. The van der Waals surface area contributed by atoms with Crippen molar-refractivity contribution in [3.05, 3.63) is 17.6 Å². The smallest absolute Gasteiger partial charge is 0.236 e. The lowest BCUT2D eigenvalue weighted by Gasteiger charge is -2.02. The summed E-state index contributed by atoms with van der Waals surface area (Å²) in [6, 6.07) is 0. The predicted molar refractivity (Wildman–Crippen MR) is 64.6 cm³/mol. The Morgan fingerprint density at radius 3 is 3.06 bits per heavy atom. The third kappa shape index (κ3) is 3.98. The Balaban J connectivity index is 2.77. The molecule has 0 atom stereocenters. The number of carbonyl (C=O) groups is 1. The second-order valence-corrected chi connectivity index (χ2v) is 4.30. The monoisotopic (exact) mass is 238 g/mol. The van der Waals surface area contributed by atoms with Crippen LogP contribution in [-0.4, -0.2) is 27.8 Å². The summed E-state index contributed by atoms with van der Waals surface area (Å²) in [5.41, 5.74) is 3.86. The maximum absolute atomic E-state index is 10.6. The lowest BCUT2D eigenvalue weighted by atomic mass is 10.4. The first kappa shape index (κ1) is 12.6. The number of hydrazone groups is 1. The molecule has 1 N–H and O–H groups in total. The average Bonchev–Trinajstić information content (AvgIpc) is 2.22. The van der Waals surface area contributed by atoms with Crippen molar-refractivity contribution in [2.24, 2.45) is 5.10 Å². The molecule has 0 saturated carbocycles. The molecular weight excluding hydrogens is 224 g/mol. The first-order valence-electron chi connectivity index (χ1n) is 4.89. The Morgan fingerprint density at radius 2 is 2.44 bits per heavy atom. The van der Waals surface area contributed by atoms with Gasteiger partial charge in [-0.3, -0.25) is 9.78 Å². The largest absolute Gasteiger partial charge is 0.274 e. The topological polar surface area (TPSA) is 67.2 Å². The van der Waals surface area contributed by atoms with Crippen LogP contribution >= 0.6 is 11.8 Å². The number of aromatic nitrogens is 2. The second kappa shape index (κ2) is 6.22. The zero-order valence-electron chi connectivity index (χ0n) is 9.52. The number of thioether (sulfide) groups is 1. The SMILES string of the molecule is CCSc1nc(/C=N/NC(C)=O)cnc1C. The van der Waals surface area contributed by atoms with Gasteiger partial charge in [-0.15, -0.1) is 11.8 Å². The van der Waals surface area contributed by atoms with Crippen molar-refractivity contribution in [2.45, 2.75) is 25.8 Å². The molecule has 0 aliphatic heterocycles. The molecule has 1 heterocycles. The van der Waals surface area contributed by atoms with E-state index in [0.717, 1.165) is 16.5 Å². The minimum atomic E-state index is -0.209. The summed E-state index contributed by atoms with van der Waals surface area (Å²) in [6.07, 6.45) is 3.11. The summed E-state index contributed by atoms with van der Waals surface area (Å²) in [5.74, 6) is 0.737. The second-order valence-electron chi connectivity index (χ2n) is 3.04. The van der Waals surface area contributed by atoms with Crippen LogP contribution in [0.5, 0.6) is 0 Å². The van der Waals surface area contributed by atoms with Gasteiger partial charge < -0.3 is 0 Å². The van der Waals surface area contributed by atoms with E-state index in [4.69, 9.17) is 0 Å². The third-order valence-electron chi connectivity index (χ3n) is 1.63. The molecule has 0 radical (unpaired) electrons. The molecule has 0 aliphatic carbocycles. The van der Waals surface area contributed by atoms with Crippen molar-refractivity contribution >= 4 is 23.9 Å². The maximum atomic E-state index is 10.6. The zero-order valence-corrected chi connectivity index (χ0v) is 10.3. The van der Waals surface area contributed by atoms with E-state index in [0.29, 0.717) is 5.69 Å². The highest BCUT2D eigenvalue weighted by Crippen LogP contribution is 2.17. The molecule has 0 bridgehead atoms. The summed E-state index contributed by atoms with van der Waals surface area (Å²) in [5, 5.41) is 4.63. The van der Waals surface area contributed by atoms with Crippen LogP contribution in [0.4, 0.5) is 0 Å². The normalized spacial score (nSPS) is 10.7. The zero-order chi connectivity index (χ0) is 12.0. The van der Waals surface area contributed by atoms with E-state index in [2.05, 4.69) is 27.4 Å². The van der Waals surface area contributed by atoms with E-state index in [1.54, 1.807) is 18.0 Å². The van der Waals surface area contributed by atoms with Crippen LogP contribution in [0.1, 0.15) is 25.2 Å². The first-order valence-corrected chi connectivity index (χ1v) is 5.88. The van der Waals surface area contributed by atoms with Crippen LogP contribution in [0.15, 0.2) is 16.3 Å². The molecular formula is C10H14N4OS. The van der Waals surface area contributed by atoms with E-state index in [1.807, 2.05) is 6.92 Å². The standard InChI is InChI=1S/C10H14N4OS/c1-4-16-10-7(2)11-5-9(13-10)6-12-14-8(3)15/h5-6H,4H2,1-3H3,(H,14,15)/b12-6+. The molecule has 0 unspecified atom stereocenters. The number of carbonyl (C=O) groups excluding carboxylic acids is 1. The Bertz CT molecular complexity index is 406. The van der Waals surface area contributed by atoms with Crippen molar-refractivity contribution in [2.75, 3.05) is 5.75 Å². The minimum absolute atomic E-state index is 0.209. The number of hydrogen-bond acceptors (Lipinski definition) is 5. The third-order valence-corrected chi connectivity index (χ3v) is 2.58. The summed E-state index contributed by atoms with van der Waals surface area (Å²) in [6.45, 7) is 5.38. The number of nitrogens with zero attached hydrogens (tertiary/aromatic N) is 3. The lowest BCUT2D eigenvalue weighted by Crippen LogP contribution is -2.12. The van der Waals surface area contributed by atoms with Crippen LogP contribution in [0.2, 0.25) is 0 Å². The predicted octanol–water partition coefficient (Wildman–Crippen LogP) is 1.37. The number of aryl methyl sites for hydroxylation is 1. The van der Waals surface area contributed by atoms with Gasteiger partial charge in [-0.05, 0) is 12.7 Å². The molecule has 6 heteroatoms. The van der Waals surface area contributed by atoms with Crippen molar-refractivity contribution < 1.29 is 4.79 Å². The van der Waals surface area contributed by atoms with Crippen molar-refractivity contribution in [1.82, 2.24) is 15.4 Å². The van der Waals surface area contributed by atoms with E-state index in [9.17, 15) is 4.79 Å². The molecule has 1 rings (SSSR count). The average molecular weight is 238 g/mol. The van der Waals surface area contributed by atoms with Gasteiger partial charge in [0.2, 0.25) is 5.91 Å². The van der Waals surface area contributed by atoms with Crippen LogP contribution in [0.3, 0.4) is 0 Å². The van der Waals surface area contributed by atoms with Crippen LogP contribution in [0.25, 0.3) is 0 Å². The summed E-state index contributed by atoms with van der Waals surface area (Å²) < 4.78 is 0. The van der Waals surface area contributed by atoms with Gasteiger partial charge in [0, 0.05) is 6.92 Å². The number of nitrogens with one attached hydrogen (secondary N) is 1. The van der Waals surface area contributed by atoms with Crippen molar-refractivity contribution in [1.29, 1.82) is 0 Å². The Labute approximate surface area is 98.8 Å². The summed E-state index contributed by atoms with van der Waals surface area (Å²) in [4.78, 5) is 19.2. The maximum Gasteiger partial charge on any atom is 0.236 e. The Kier molecular flexibility index (Phi) is 4.91. The van der Waals surface area contributed by atoms with Gasteiger partial charge in [0.05, 0.1) is 18.1 Å².